The number of oxazole rings is 1. The number of nitrogens with one attached hydrogen (secondary N) is 1. The Balaban J connectivity index is 2.22. The van der Waals surface area contributed by atoms with Gasteiger partial charge in [0.1, 0.15) is 5.76 Å². The van der Waals surface area contributed by atoms with Gasteiger partial charge in [-0.1, -0.05) is 19.1 Å². The minimum Gasteiger partial charge on any atom is -0.444 e. The molecule has 0 saturated carbocycles. The van der Waals surface area contributed by atoms with Crippen LogP contribution in [0.4, 0.5) is 5.69 Å². The summed E-state index contributed by atoms with van der Waals surface area (Å²) in [6.45, 7) is 5.71. The van der Waals surface area contributed by atoms with Gasteiger partial charge < -0.3 is 9.73 Å². The van der Waals surface area contributed by atoms with Crippen LogP contribution < -0.4 is 5.32 Å². The van der Waals surface area contributed by atoms with E-state index < -0.39 is 9.84 Å². The van der Waals surface area contributed by atoms with E-state index in [9.17, 15) is 8.42 Å². The highest BCUT2D eigenvalue weighted by molar-refractivity contribution is 7.91. The van der Waals surface area contributed by atoms with E-state index in [1.807, 2.05) is 13.8 Å². The van der Waals surface area contributed by atoms with Gasteiger partial charge in [-0.25, -0.2) is 13.4 Å². The molecule has 20 heavy (non-hydrogen) atoms. The molecule has 108 valence electrons. The van der Waals surface area contributed by atoms with Gasteiger partial charge in [-0.15, -0.1) is 0 Å². The van der Waals surface area contributed by atoms with Crippen molar-refractivity contribution in [3.63, 3.8) is 0 Å². The molecule has 0 bridgehead atoms. The third kappa shape index (κ3) is 3.01. The lowest BCUT2D eigenvalue weighted by molar-refractivity contribution is 0.478. The fourth-order valence-electron chi connectivity index (χ4n) is 1.83. The topological polar surface area (TPSA) is 72.2 Å². The van der Waals surface area contributed by atoms with Crippen molar-refractivity contribution in [3.8, 4) is 0 Å². The van der Waals surface area contributed by atoms with Crippen LogP contribution in [0, 0.1) is 13.8 Å². The zero-order chi connectivity index (χ0) is 14.8. The summed E-state index contributed by atoms with van der Waals surface area (Å²) in [6, 6.07) is 6.86. The van der Waals surface area contributed by atoms with E-state index in [0.717, 1.165) is 11.5 Å². The number of anilines is 1. The van der Waals surface area contributed by atoms with Crippen LogP contribution in [0.2, 0.25) is 0 Å². The normalized spacial score (nSPS) is 11.6. The van der Waals surface area contributed by atoms with Crippen LogP contribution in [0.3, 0.4) is 0 Å². The summed E-state index contributed by atoms with van der Waals surface area (Å²) < 4.78 is 29.5. The van der Waals surface area contributed by atoms with Gasteiger partial charge in [0.25, 0.3) is 0 Å². The first-order chi connectivity index (χ1) is 9.44. The van der Waals surface area contributed by atoms with Crippen molar-refractivity contribution < 1.29 is 12.8 Å². The van der Waals surface area contributed by atoms with Crippen LogP contribution >= 0.6 is 0 Å². The third-order valence-electron chi connectivity index (χ3n) is 3.11. The first-order valence-electron chi connectivity index (χ1n) is 6.42. The molecule has 0 fully saturated rings. The zero-order valence-corrected chi connectivity index (χ0v) is 12.6. The van der Waals surface area contributed by atoms with E-state index in [4.69, 9.17) is 4.42 Å². The number of rotatable bonds is 5. The molecule has 2 rings (SSSR count). The molecule has 6 heteroatoms. The van der Waals surface area contributed by atoms with E-state index in [1.165, 1.54) is 0 Å². The number of aryl methyl sites for hydroxylation is 2. The molecule has 0 atom stereocenters. The molecule has 0 aliphatic heterocycles. The van der Waals surface area contributed by atoms with Crippen LogP contribution in [0.1, 0.15) is 24.3 Å². The lowest BCUT2D eigenvalue weighted by Crippen LogP contribution is -2.09. The van der Waals surface area contributed by atoms with Gasteiger partial charge in [0.05, 0.1) is 28.6 Å². The molecule has 0 spiro atoms. The van der Waals surface area contributed by atoms with Gasteiger partial charge in [-0.3, -0.25) is 0 Å². The zero-order valence-electron chi connectivity index (χ0n) is 11.8. The minimum atomic E-state index is -3.25. The molecule has 1 heterocycles. The molecule has 0 radical (unpaired) electrons. The quantitative estimate of drug-likeness (QED) is 0.918. The van der Waals surface area contributed by atoms with Crippen molar-refractivity contribution >= 4 is 15.5 Å². The number of hydrogen-bond donors (Lipinski definition) is 1. The number of benzene rings is 1. The average Bonchev–Trinajstić information content (AvgIpc) is 2.76. The van der Waals surface area contributed by atoms with Crippen LogP contribution in [0.5, 0.6) is 0 Å². The molecule has 1 aromatic heterocycles. The molecule has 0 aliphatic carbocycles. The lowest BCUT2D eigenvalue weighted by atomic mass is 10.3. The summed E-state index contributed by atoms with van der Waals surface area (Å²) in [4.78, 5) is 4.57. The molecular formula is C14H18N2O3S. The second kappa shape index (κ2) is 5.66. The van der Waals surface area contributed by atoms with E-state index in [1.54, 1.807) is 31.2 Å². The Bertz CT molecular complexity index is 685. The van der Waals surface area contributed by atoms with E-state index in [2.05, 4.69) is 10.3 Å². The highest BCUT2D eigenvalue weighted by atomic mass is 32.2. The summed E-state index contributed by atoms with van der Waals surface area (Å²) in [6.07, 6.45) is 0. The van der Waals surface area contributed by atoms with E-state index >= 15 is 0 Å². The molecule has 1 aromatic carbocycles. The molecular weight excluding hydrogens is 276 g/mol. The van der Waals surface area contributed by atoms with E-state index in [-0.39, 0.29) is 5.75 Å². The lowest BCUT2D eigenvalue weighted by Gasteiger charge is -2.10. The molecule has 2 aromatic rings. The van der Waals surface area contributed by atoms with Gasteiger partial charge in [0.2, 0.25) is 5.89 Å². The fourth-order valence-corrected chi connectivity index (χ4v) is 2.90. The van der Waals surface area contributed by atoms with Crippen molar-refractivity contribution in [1.82, 2.24) is 4.98 Å². The molecule has 0 amide bonds. The summed E-state index contributed by atoms with van der Waals surface area (Å²) in [7, 11) is -3.25. The number of aromatic nitrogens is 1. The number of para-hydroxylation sites is 1. The van der Waals surface area contributed by atoms with Crippen molar-refractivity contribution in [2.75, 3.05) is 11.1 Å². The van der Waals surface area contributed by atoms with Gasteiger partial charge in [-0.2, -0.15) is 0 Å². The molecule has 5 nitrogen and oxygen atoms in total. The number of nitrogens with zero attached hydrogens (tertiary/aromatic N) is 1. The third-order valence-corrected chi connectivity index (χ3v) is 4.89. The maximum Gasteiger partial charge on any atom is 0.213 e. The highest BCUT2D eigenvalue weighted by Crippen LogP contribution is 2.22. The fraction of sp³-hybridized carbons (Fsp3) is 0.357. The van der Waals surface area contributed by atoms with Crippen LogP contribution in [0.25, 0.3) is 0 Å². The summed E-state index contributed by atoms with van der Waals surface area (Å²) in [5.74, 6) is 1.39. The van der Waals surface area contributed by atoms with Crippen LogP contribution in [-0.4, -0.2) is 19.2 Å². The van der Waals surface area contributed by atoms with Crippen molar-refractivity contribution in [1.29, 1.82) is 0 Å². The maximum absolute atomic E-state index is 12.0. The average molecular weight is 294 g/mol. The van der Waals surface area contributed by atoms with Crippen LogP contribution in [0.15, 0.2) is 33.6 Å². The summed E-state index contributed by atoms with van der Waals surface area (Å²) >= 11 is 0. The van der Waals surface area contributed by atoms with Crippen LogP contribution in [-0.2, 0) is 16.4 Å². The number of hydrogen-bond acceptors (Lipinski definition) is 5. The molecule has 1 N–H and O–H groups in total. The van der Waals surface area contributed by atoms with Gasteiger partial charge in [0, 0.05) is 0 Å². The SMILES string of the molecule is CCS(=O)(=O)c1ccccc1NCc1nc(C)c(C)o1. The molecule has 0 saturated heterocycles. The minimum absolute atomic E-state index is 0.0723. The second-order valence-electron chi connectivity index (χ2n) is 4.50. The first-order valence-corrected chi connectivity index (χ1v) is 8.08. The predicted molar refractivity (Wildman–Crippen MR) is 77.5 cm³/mol. The van der Waals surface area contributed by atoms with Gasteiger partial charge in [-0.05, 0) is 26.0 Å². The smallest absolute Gasteiger partial charge is 0.213 e. The molecule has 0 unspecified atom stereocenters. The Morgan fingerprint density at radius 1 is 1.25 bits per heavy atom. The number of sulfone groups is 1. The largest absolute Gasteiger partial charge is 0.444 e. The Morgan fingerprint density at radius 3 is 2.55 bits per heavy atom. The van der Waals surface area contributed by atoms with Gasteiger partial charge >= 0.3 is 0 Å². The second-order valence-corrected chi connectivity index (χ2v) is 6.75. The summed E-state index contributed by atoms with van der Waals surface area (Å²) in [5, 5.41) is 3.08. The van der Waals surface area contributed by atoms with Crippen molar-refractivity contribution in [2.24, 2.45) is 0 Å². The first kappa shape index (κ1) is 14.6. The standard InChI is InChI=1S/C14H18N2O3S/c1-4-20(17,18)13-8-6-5-7-12(13)15-9-14-16-10(2)11(3)19-14/h5-8,15H,4,9H2,1-3H3. The Labute approximate surface area is 119 Å². The highest BCUT2D eigenvalue weighted by Gasteiger charge is 2.16. The molecule has 0 aliphatic rings. The van der Waals surface area contributed by atoms with Gasteiger partial charge in [0.15, 0.2) is 9.84 Å². The Morgan fingerprint density at radius 2 is 1.95 bits per heavy atom. The monoisotopic (exact) mass is 294 g/mol. The summed E-state index contributed by atoms with van der Waals surface area (Å²) in [5.41, 5.74) is 1.42. The predicted octanol–water partition coefficient (Wildman–Crippen LogP) is 2.70. The van der Waals surface area contributed by atoms with E-state index in [0.29, 0.717) is 23.0 Å². The van der Waals surface area contributed by atoms with Crippen molar-refractivity contribution in [3.05, 3.63) is 41.6 Å². The Hall–Kier alpha value is -1.82. The maximum atomic E-state index is 12.0. The Kier molecular flexibility index (Phi) is 4.13. The van der Waals surface area contributed by atoms with Crippen molar-refractivity contribution in [2.45, 2.75) is 32.2 Å².